The van der Waals surface area contributed by atoms with E-state index < -0.39 is 5.97 Å². The van der Waals surface area contributed by atoms with Crippen molar-refractivity contribution in [2.24, 2.45) is 0 Å². The van der Waals surface area contributed by atoms with Crippen molar-refractivity contribution in [2.75, 3.05) is 20.3 Å². The number of para-hydroxylation sites is 1. The van der Waals surface area contributed by atoms with Crippen LogP contribution >= 0.6 is 0 Å². The smallest absolute Gasteiger partial charge is 0.356 e. The first kappa shape index (κ1) is 14.1. The number of ether oxygens (including phenoxy) is 3. The Bertz CT molecular complexity index is 625. The van der Waals surface area contributed by atoms with Gasteiger partial charge in [-0.3, -0.25) is 0 Å². The summed E-state index contributed by atoms with van der Waals surface area (Å²) in [5, 5.41) is 0.811. The van der Waals surface area contributed by atoms with Crippen LogP contribution in [0.25, 0.3) is 10.9 Å². The van der Waals surface area contributed by atoms with E-state index in [2.05, 4.69) is 4.98 Å². The molecule has 0 aliphatic rings. The van der Waals surface area contributed by atoms with Gasteiger partial charge in [0, 0.05) is 11.5 Å². The summed E-state index contributed by atoms with van der Waals surface area (Å²) in [6, 6.07) is 7.16. The van der Waals surface area contributed by atoms with Crippen molar-refractivity contribution in [3.63, 3.8) is 0 Å². The average Bonchev–Trinajstić information content (AvgIpc) is 2.47. The first-order valence-electron chi connectivity index (χ1n) is 6.48. The van der Waals surface area contributed by atoms with Crippen LogP contribution in [0.4, 0.5) is 0 Å². The zero-order valence-corrected chi connectivity index (χ0v) is 11.8. The molecule has 0 atom stereocenters. The molecule has 0 fully saturated rings. The monoisotopic (exact) mass is 275 g/mol. The molecular formula is C15H17NO4. The molecule has 2 rings (SSSR count). The zero-order valence-electron chi connectivity index (χ0n) is 11.8. The lowest BCUT2D eigenvalue weighted by Gasteiger charge is -2.12. The van der Waals surface area contributed by atoms with Crippen molar-refractivity contribution in [1.82, 2.24) is 4.98 Å². The maximum atomic E-state index is 11.7. The van der Waals surface area contributed by atoms with Crippen molar-refractivity contribution >= 4 is 16.9 Å². The van der Waals surface area contributed by atoms with Crippen LogP contribution < -0.4 is 9.47 Å². The number of hydrogen-bond donors (Lipinski definition) is 0. The minimum absolute atomic E-state index is 0.204. The molecule has 106 valence electrons. The van der Waals surface area contributed by atoms with E-state index in [0.29, 0.717) is 30.2 Å². The topological polar surface area (TPSA) is 57.7 Å². The summed E-state index contributed by atoms with van der Waals surface area (Å²) in [4.78, 5) is 16.0. The van der Waals surface area contributed by atoms with Crippen LogP contribution in [0.15, 0.2) is 24.3 Å². The maximum absolute atomic E-state index is 11.7. The predicted octanol–water partition coefficient (Wildman–Crippen LogP) is 2.82. The first-order chi connectivity index (χ1) is 9.71. The summed E-state index contributed by atoms with van der Waals surface area (Å²) in [5.74, 6) is 0.718. The minimum atomic E-state index is -0.501. The van der Waals surface area contributed by atoms with Gasteiger partial charge in [-0.1, -0.05) is 6.07 Å². The number of carbonyl (C=O) groups is 1. The molecule has 0 amide bonds. The Kier molecular flexibility index (Phi) is 4.40. The highest BCUT2D eigenvalue weighted by Gasteiger charge is 2.15. The van der Waals surface area contributed by atoms with Crippen molar-refractivity contribution in [2.45, 2.75) is 13.8 Å². The highest BCUT2D eigenvalue weighted by molar-refractivity contribution is 5.96. The molecule has 20 heavy (non-hydrogen) atoms. The fraction of sp³-hybridized carbons (Fsp3) is 0.333. The number of benzene rings is 1. The lowest BCUT2D eigenvalue weighted by Crippen LogP contribution is -2.06. The molecule has 1 aromatic carbocycles. The van der Waals surface area contributed by atoms with Gasteiger partial charge in [0.1, 0.15) is 17.0 Å². The van der Waals surface area contributed by atoms with Gasteiger partial charge in [-0.2, -0.15) is 0 Å². The molecule has 1 heterocycles. The van der Waals surface area contributed by atoms with Gasteiger partial charge >= 0.3 is 5.97 Å². The van der Waals surface area contributed by atoms with Crippen molar-refractivity contribution < 1.29 is 19.0 Å². The van der Waals surface area contributed by atoms with Gasteiger partial charge in [-0.15, -0.1) is 0 Å². The van der Waals surface area contributed by atoms with Crippen LogP contribution in [-0.2, 0) is 4.74 Å². The lowest BCUT2D eigenvalue weighted by molar-refractivity contribution is 0.0594. The molecule has 0 aliphatic heterocycles. The standard InChI is InChI=1S/C15H17NO4/c1-4-19-12-8-6-7-10-13(20-5-2)9-11(15(17)18-3)16-14(10)12/h6-9H,4-5H2,1-3H3. The Morgan fingerprint density at radius 1 is 1.15 bits per heavy atom. The summed E-state index contributed by atoms with van der Waals surface area (Å²) >= 11 is 0. The van der Waals surface area contributed by atoms with Crippen LogP contribution in [0.1, 0.15) is 24.3 Å². The molecule has 0 saturated heterocycles. The minimum Gasteiger partial charge on any atom is -0.493 e. The second-order valence-corrected chi connectivity index (χ2v) is 4.02. The van der Waals surface area contributed by atoms with Gasteiger partial charge in [-0.05, 0) is 26.0 Å². The fourth-order valence-corrected chi connectivity index (χ4v) is 1.95. The Morgan fingerprint density at radius 2 is 1.85 bits per heavy atom. The Hall–Kier alpha value is -2.30. The summed E-state index contributed by atoms with van der Waals surface area (Å²) in [6.45, 7) is 4.80. The van der Waals surface area contributed by atoms with E-state index in [4.69, 9.17) is 14.2 Å². The van der Waals surface area contributed by atoms with E-state index in [-0.39, 0.29) is 5.69 Å². The Morgan fingerprint density at radius 3 is 2.50 bits per heavy atom. The van der Waals surface area contributed by atoms with Gasteiger partial charge in [0.25, 0.3) is 0 Å². The molecule has 5 nitrogen and oxygen atoms in total. The van der Waals surface area contributed by atoms with Gasteiger partial charge in [0.15, 0.2) is 5.69 Å². The largest absolute Gasteiger partial charge is 0.493 e. The third-order valence-corrected chi connectivity index (χ3v) is 2.76. The number of esters is 1. The second-order valence-electron chi connectivity index (χ2n) is 4.02. The van der Waals surface area contributed by atoms with Gasteiger partial charge in [-0.25, -0.2) is 9.78 Å². The quantitative estimate of drug-likeness (QED) is 0.785. The molecule has 1 aromatic heterocycles. The van der Waals surface area contributed by atoms with Crippen LogP contribution in [0, 0.1) is 0 Å². The lowest BCUT2D eigenvalue weighted by atomic mass is 10.1. The molecule has 0 spiro atoms. The molecule has 0 aliphatic carbocycles. The molecule has 0 bridgehead atoms. The normalized spacial score (nSPS) is 10.3. The number of carbonyl (C=O) groups excluding carboxylic acids is 1. The summed E-state index contributed by atoms with van der Waals surface area (Å²) in [5.41, 5.74) is 0.802. The molecule has 0 unspecified atom stereocenters. The van der Waals surface area contributed by atoms with Gasteiger partial charge in [0.2, 0.25) is 0 Å². The summed E-state index contributed by atoms with van der Waals surface area (Å²) in [6.07, 6.45) is 0. The number of nitrogens with zero attached hydrogens (tertiary/aromatic N) is 1. The summed E-state index contributed by atoms with van der Waals surface area (Å²) in [7, 11) is 1.32. The predicted molar refractivity (Wildman–Crippen MR) is 75.4 cm³/mol. The van der Waals surface area contributed by atoms with Crippen molar-refractivity contribution in [3.05, 3.63) is 30.0 Å². The van der Waals surface area contributed by atoms with Crippen LogP contribution in [0.5, 0.6) is 11.5 Å². The SMILES string of the molecule is CCOc1cc(C(=O)OC)nc2c(OCC)cccc12. The third kappa shape index (κ3) is 2.66. The highest BCUT2D eigenvalue weighted by atomic mass is 16.5. The highest BCUT2D eigenvalue weighted by Crippen LogP contribution is 2.31. The van der Waals surface area contributed by atoms with E-state index in [0.717, 1.165) is 5.39 Å². The van der Waals surface area contributed by atoms with Crippen LogP contribution in [0.2, 0.25) is 0 Å². The Balaban J connectivity index is 2.68. The van der Waals surface area contributed by atoms with Gasteiger partial charge in [0.05, 0.1) is 20.3 Å². The van der Waals surface area contributed by atoms with E-state index in [1.54, 1.807) is 6.07 Å². The fourth-order valence-electron chi connectivity index (χ4n) is 1.95. The Labute approximate surface area is 117 Å². The average molecular weight is 275 g/mol. The number of methoxy groups -OCH3 is 1. The van der Waals surface area contributed by atoms with E-state index in [1.165, 1.54) is 7.11 Å². The molecule has 0 saturated carbocycles. The molecule has 0 N–H and O–H groups in total. The van der Waals surface area contributed by atoms with E-state index in [1.807, 2.05) is 32.0 Å². The third-order valence-electron chi connectivity index (χ3n) is 2.76. The molecule has 5 heteroatoms. The molecule has 0 radical (unpaired) electrons. The number of aromatic nitrogens is 1. The summed E-state index contributed by atoms with van der Waals surface area (Å²) < 4.78 is 15.9. The van der Waals surface area contributed by atoms with Crippen LogP contribution in [-0.4, -0.2) is 31.3 Å². The molecule has 2 aromatic rings. The number of rotatable bonds is 5. The van der Waals surface area contributed by atoms with Crippen molar-refractivity contribution in [1.29, 1.82) is 0 Å². The van der Waals surface area contributed by atoms with E-state index >= 15 is 0 Å². The van der Waals surface area contributed by atoms with Crippen molar-refractivity contribution in [3.8, 4) is 11.5 Å². The number of hydrogen-bond acceptors (Lipinski definition) is 5. The maximum Gasteiger partial charge on any atom is 0.356 e. The molecular weight excluding hydrogens is 258 g/mol. The van der Waals surface area contributed by atoms with E-state index in [9.17, 15) is 4.79 Å². The number of pyridine rings is 1. The number of fused-ring (bicyclic) bond motifs is 1. The zero-order chi connectivity index (χ0) is 14.5. The van der Waals surface area contributed by atoms with Gasteiger partial charge < -0.3 is 14.2 Å². The first-order valence-corrected chi connectivity index (χ1v) is 6.48. The second kappa shape index (κ2) is 6.23. The van der Waals surface area contributed by atoms with Crippen LogP contribution in [0.3, 0.4) is 0 Å².